The Balaban J connectivity index is 2.00. The summed E-state index contributed by atoms with van der Waals surface area (Å²) in [6, 6.07) is 11.2. The summed E-state index contributed by atoms with van der Waals surface area (Å²) in [6.07, 6.45) is 3.80. The van der Waals surface area contributed by atoms with Crippen LogP contribution in [0.4, 0.5) is 0 Å². The van der Waals surface area contributed by atoms with Crippen LogP contribution in [-0.4, -0.2) is 57.3 Å². The van der Waals surface area contributed by atoms with E-state index in [2.05, 4.69) is 15.6 Å². The minimum absolute atomic E-state index is 0.0776. The minimum Gasteiger partial charge on any atom is -0.481 e. The van der Waals surface area contributed by atoms with E-state index in [4.69, 9.17) is 5.11 Å². The van der Waals surface area contributed by atoms with Gasteiger partial charge in [0, 0.05) is 5.56 Å². The number of carboxylic acid groups (broad SMARTS) is 1. The first kappa shape index (κ1) is 28.4. The van der Waals surface area contributed by atoms with Gasteiger partial charge in [-0.1, -0.05) is 63.4 Å². The van der Waals surface area contributed by atoms with E-state index in [1.807, 2.05) is 6.92 Å². The summed E-state index contributed by atoms with van der Waals surface area (Å²) in [5, 5.41) is 24.6. The molecule has 0 unspecified atom stereocenters. The summed E-state index contributed by atoms with van der Waals surface area (Å²) in [6.45, 7) is 3.70. The molecule has 4 N–H and O–H groups in total. The molecule has 3 amide bonds. The van der Waals surface area contributed by atoms with Crippen molar-refractivity contribution in [2.24, 2.45) is 5.92 Å². The lowest BCUT2D eigenvalue weighted by Crippen LogP contribution is -2.47. The van der Waals surface area contributed by atoms with Crippen LogP contribution < -0.4 is 10.6 Å². The lowest BCUT2D eigenvalue weighted by atomic mass is 9.90. The number of nitrogens with zero attached hydrogens (tertiary/aromatic N) is 2. The summed E-state index contributed by atoms with van der Waals surface area (Å²) < 4.78 is 0. The molecule has 0 saturated heterocycles. The van der Waals surface area contributed by atoms with Gasteiger partial charge in [-0.2, -0.15) is 0 Å². The van der Waals surface area contributed by atoms with Crippen LogP contribution in [0.3, 0.4) is 0 Å². The predicted octanol–water partition coefficient (Wildman–Crippen LogP) is 3.00. The summed E-state index contributed by atoms with van der Waals surface area (Å²) in [7, 11) is 0. The number of carbonyl (C=O) groups excluding carboxylic acids is 3. The highest BCUT2D eigenvalue weighted by Gasteiger charge is 2.30. The maximum Gasteiger partial charge on any atom is 0.307 e. The number of hydrogen-bond donors (Lipinski definition) is 4. The predicted molar refractivity (Wildman–Crippen MR) is 133 cm³/mol. The Hall–Kier alpha value is -3.79. The molecule has 0 aliphatic rings. The molecular weight excluding hydrogens is 464 g/mol. The summed E-state index contributed by atoms with van der Waals surface area (Å²) >= 11 is 0. The Kier molecular flexibility index (Phi) is 11.5. The molecule has 1 aromatic carbocycles. The minimum atomic E-state index is -0.915. The fraction of sp³-hybridized carbons (Fsp3) is 0.423. The number of aliphatic carboxylic acids is 1. The van der Waals surface area contributed by atoms with Crippen molar-refractivity contribution in [3.8, 4) is 11.3 Å². The Morgan fingerprint density at radius 1 is 1.06 bits per heavy atom. The Morgan fingerprint density at radius 2 is 1.78 bits per heavy atom. The van der Waals surface area contributed by atoms with E-state index >= 15 is 0 Å². The van der Waals surface area contributed by atoms with Gasteiger partial charge in [-0.25, -0.2) is 10.0 Å². The lowest BCUT2D eigenvalue weighted by Gasteiger charge is -2.29. The Bertz CT molecular complexity index is 1030. The number of aromatic nitrogens is 1. The van der Waals surface area contributed by atoms with Gasteiger partial charge in [-0.3, -0.25) is 24.4 Å². The highest BCUT2D eigenvalue weighted by molar-refractivity contribution is 5.93. The van der Waals surface area contributed by atoms with Crippen molar-refractivity contribution in [2.45, 2.75) is 58.4 Å². The molecule has 0 fully saturated rings. The SMILES string of the molecule is CCCCC[C@@H](C(=O)NCNC(=O)c1cccc(-c2ccc(CC(=O)O)cc2)n1)[C@@H](CC)N(O)C=O. The molecule has 2 aromatic rings. The maximum atomic E-state index is 12.8. The molecule has 2 rings (SSSR count). The van der Waals surface area contributed by atoms with Crippen molar-refractivity contribution in [2.75, 3.05) is 6.67 Å². The summed E-state index contributed by atoms with van der Waals surface area (Å²) in [4.78, 5) is 51.8. The van der Waals surface area contributed by atoms with Gasteiger partial charge in [-0.15, -0.1) is 0 Å². The van der Waals surface area contributed by atoms with E-state index in [-0.39, 0.29) is 24.7 Å². The normalized spacial score (nSPS) is 12.3. The van der Waals surface area contributed by atoms with Crippen molar-refractivity contribution < 1.29 is 29.5 Å². The number of rotatable bonds is 15. The maximum absolute atomic E-state index is 12.8. The lowest BCUT2D eigenvalue weighted by molar-refractivity contribution is -0.168. The number of nitrogens with one attached hydrogen (secondary N) is 2. The molecule has 2 atom stereocenters. The summed E-state index contributed by atoms with van der Waals surface area (Å²) in [5.74, 6) is -2.37. The third-order valence-corrected chi connectivity index (χ3v) is 5.88. The summed E-state index contributed by atoms with van der Waals surface area (Å²) in [5.41, 5.74) is 2.10. The van der Waals surface area contributed by atoms with Crippen LogP contribution in [0.2, 0.25) is 0 Å². The van der Waals surface area contributed by atoms with Gasteiger partial charge in [0.2, 0.25) is 12.3 Å². The van der Waals surface area contributed by atoms with Gasteiger partial charge in [0.25, 0.3) is 5.91 Å². The quantitative estimate of drug-likeness (QED) is 0.0969. The van der Waals surface area contributed by atoms with Crippen molar-refractivity contribution in [1.82, 2.24) is 20.7 Å². The standard InChI is InChI=1S/C26H34N4O6/c1-3-5-6-8-20(23(4-2)30(36)17-31)25(34)27-16-28-26(35)22-10-7-9-21(29-22)19-13-11-18(12-14-19)15-24(32)33/h7,9-14,17,20,23,36H,3-6,8,15-16H2,1-2H3,(H,27,34)(H,28,35)(H,32,33)/t20-,23-/m1/s1. The Labute approximate surface area is 210 Å². The molecule has 0 aliphatic carbocycles. The van der Waals surface area contributed by atoms with Gasteiger partial charge in [0.05, 0.1) is 30.7 Å². The number of carbonyl (C=O) groups is 4. The number of hydrogen-bond acceptors (Lipinski definition) is 6. The second kappa shape index (κ2) is 14.6. The topological polar surface area (TPSA) is 149 Å². The molecule has 0 saturated carbocycles. The zero-order chi connectivity index (χ0) is 26.5. The Morgan fingerprint density at radius 3 is 2.39 bits per heavy atom. The molecular formula is C26H34N4O6. The van der Waals surface area contributed by atoms with E-state index in [1.165, 1.54) is 0 Å². The fourth-order valence-corrected chi connectivity index (χ4v) is 3.97. The van der Waals surface area contributed by atoms with Crippen molar-refractivity contribution in [3.05, 3.63) is 53.7 Å². The van der Waals surface area contributed by atoms with Crippen LogP contribution in [0.25, 0.3) is 11.3 Å². The van der Waals surface area contributed by atoms with E-state index in [0.717, 1.165) is 24.8 Å². The van der Waals surface area contributed by atoms with Crippen LogP contribution in [0.5, 0.6) is 0 Å². The van der Waals surface area contributed by atoms with Crippen LogP contribution in [0.1, 0.15) is 62.0 Å². The van der Waals surface area contributed by atoms with E-state index in [0.29, 0.717) is 35.6 Å². The number of amides is 3. The molecule has 0 spiro atoms. The second-order valence-electron chi connectivity index (χ2n) is 8.46. The third kappa shape index (κ3) is 8.46. The number of hydroxylamine groups is 2. The fourth-order valence-electron chi connectivity index (χ4n) is 3.97. The first-order valence-electron chi connectivity index (χ1n) is 12.1. The first-order chi connectivity index (χ1) is 17.3. The second-order valence-corrected chi connectivity index (χ2v) is 8.46. The molecule has 194 valence electrons. The smallest absolute Gasteiger partial charge is 0.307 e. The van der Waals surface area contributed by atoms with Gasteiger partial charge in [0.15, 0.2) is 0 Å². The molecule has 10 heteroatoms. The van der Waals surface area contributed by atoms with Gasteiger partial charge in [-0.05, 0) is 30.5 Å². The molecule has 1 aromatic heterocycles. The third-order valence-electron chi connectivity index (χ3n) is 5.88. The van der Waals surface area contributed by atoms with Gasteiger partial charge < -0.3 is 15.7 Å². The monoisotopic (exact) mass is 498 g/mol. The van der Waals surface area contributed by atoms with Crippen molar-refractivity contribution in [3.63, 3.8) is 0 Å². The van der Waals surface area contributed by atoms with E-state index < -0.39 is 23.8 Å². The number of benzene rings is 1. The first-order valence-corrected chi connectivity index (χ1v) is 12.1. The molecule has 0 aliphatic heterocycles. The molecule has 36 heavy (non-hydrogen) atoms. The van der Waals surface area contributed by atoms with Crippen molar-refractivity contribution >= 4 is 24.2 Å². The number of pyridine rings is 1. The number of unbranched alkanes of at least 4 members (excludes halogenated alkanes) is 2. The largest absolute Gasteiger partial charge is 0.481 e. The van der Waals surface area contributed by atoms with Crippen LogP contribution in [0, 0.1) is 5.92 Å². The highest BCUT2D eigenvalue weighted by atomic mass is 16.5. The van der Waals surface area contributed by atoms with Gasteiger partial charge >= 0.3 is 5.97 Å². The molecule has 10 nitrogen and oxygen atoms in total. The average molecular weight is 499 g/mol. The number of carboxylic acids is 1. The zero-order valence-electron chi connectivity index (χ0n) is 20.6. The van der Waals surface area contributed by atoms with Crippen LogP contribution >= 0.6 is 0 Å². The highest BCUT2D eigenvalue weighted by Crippen LogP contribution is 2.21. The molecule has 1 heterocycles. The van der Waals surface area contributed by atoms with Crippen LogP contribution in [-0.2, 0) is 20.8 Å². The van der Waals surface area contributed by atoms with E-state index in [1.54, 1.807) is 49.4 Å². The molecule has 0 radical (unpaired) electrons. The van der Waals surface area contributed by atoms with Crippen molar-refractivity contribution in [1.29, 1.82) is 0 Å². The zero-order valence-corrected chi connectivity index (χ0v) is 20.6. The van der Waals surface area contributed by atoms with Gasteiger partial charge in [0.1, 0.15) is 5.69 Å². The molecule has 0 bridgehead atoms. The van der Waals surface area contributed by atoms with Crippen LogP contribution in [0.15, 0.2) is 42.5 Å². The van der Waals surface area contributed by atoms with E-state index in [9.17, 15) is 24.4 Å². The average Bonchev–Trinajstić information content (AvgIpc) is 2.88.